The van der Waals surface area contributed by atoms with Crippen molar-refractivity contribution in [3.63, 3.8) is 0 Å². The van der Waals surface area contributed by atoms with Crippen molar-refractivity contribution in [3.8, 4) is 0 Å². The number of hydrogen-bond donors (Lipinski definition) is 4. The highest BCUT2D eigenvalue weighted by molar-refractivity contribution is 6.38. The highest BCUT2D eigenvalue weighted by Crippen LogP contribution is 2.35. The van der Waals surface area contributed by atoms with E-state index in [1.54, 1.807) is 0 Å². The summed E-state index contributed by atoms with van der Waals surface area (Å²) in [4.78, 5) is 79.1. The summed E-state index contributed by atoms with van der Waals surface area (Å²) in [7, 11) is 0. The molecule has 5 amide bonds. The van der Waals surface area contributed by atoms with Crippen LogP contribution in [0.1, 0.15) is 106 Å². The maximum absolute atomic E-state index is 13.8. The average molecular weight is 618 g/mol. The van der Waals surface area contributed by atoms with Gasteiger partial charge in [0.2, 0.25) is 17.6 Å². The molecule has 1 aliphatic heterocycles. The molecule has 0 radical (unpaired) electrons. The summed E-state index contributed by atoms with van der Waals surface area (Å²) in [6, 6.07) is -4.00. The number of nitrogens with one attached hydrogen (secondary N) is 4. The zero-order chi connectivity index (χ0) is 33.0. The number of carbonyl (C=O) groups excluding carboxylic acids is 6. The lowest BCUT2D eigenvalue weighted by atomic mass is 9.81. The van der Waals surface area contributed by atoms with Crippen LogP contribution in [0.2, 0.25) is 0 Å². The van der Waals surface area contributed by atoms with E-state index in [1.807, 2.05) is 20.8 Å². The van der Waals surface area contributed by atoms with E-state index in [0.717, 1.165) is 44.9 Å². The quantitative estimate of drug-likeness (QED) is 0.194. The van der Waals surface area contributed by atoms with Gasteiger partial charge in [0.25, 0.3) is 5.91 Å². The first-order valence-corrected chi connectivity index (χ1v) is 16.4. The van der Waals surface area contributed by atoms with Crippen LogP contribution in [0, 0.1) is 17.3 Å². The topological polar surface area (TPSA) is 154 Å². The van der Waals surface area contributed by atoms with Gasteiger partial charge in [0.15, 0.2) is 5.78 Å². The fourth-order valence-electron chi connectivity index (χ4n) is 5.77. The molecule has 4 N–H and O–H groups in total. The van der Waals surface area contributed by atoms with Crippen molar-refractivity contribution in [1.82, 2.24) is 26.2 Å². The van der Waals surface area contributed by atoms with Gasteiger partial charge >= 0.3 is 6.03 Å². The summed E-state index contributed by atoms with van der Waals surface area (Å²) in [5.74, 6) is -2.37. The predicted molar refractivity (Wildman–Crippen MR) is 170 cm³/mol. The number of ketones is 2. The van der Waals surface area contributed by atoms with Crippen molar-refractivity contribution in [1.29, 1.82) is 0 Å². The van der Waals surface area contributed by atoms with Gasteiger partial charge in [-0.3, -0.25) is 24.0 Å². The number of nitrogens with zero attached hydrogens (tertiary/aromatic N) is 1. The standard InChI is InChI=1S/C30H47N5O6.C3H8/c1-6-16-31-27(39)23(36)18(2)32-26(38)21-13-10-17-35(21)28(40)25(30(3,4)5)34-29(41)33-22(24(37)20-14-15-20)19-11-8-7-9-12-19;1-3-2/h6,18-22,25H,1,7-17H2,2-5H3,(H,31,39)(H,32,38)(H2,33,34,41);3H2,1-2H3/t18?,21-,22?,25?;/m0./s1. The Hall–Kier alpha value is -3.24. The predicted octanol–water partition coefficient (Wildman–Crippen LogP) is 3.41. The molecule has 11 nitrogen and oxygen atoms in total. The van der Waals surface area contributed by atoms with E-state index in [-0.39, 0.29) is 24.2 Å². The lowest BCUT2D eigenvalue weighted by Crippen LogP contribution is -2.61. The van der Waals surface area contributed by atoms with Crippen molar-refractivity contribution in [2.24, 2.45) is 17.3 Å². The Labute approximate surface area is 263 Å². The first-order valence-electron chi connectivity index (χ1n) is 16.4. The molecule has 4 atom stereocenters. The second kappa shape index (κ2) is 17.3. The Morgan fingerprint density at radius 1 is 0.886 bits per heavy atom. The first kappa shape index (κ1) is 36.9. The molecule has 0 bridgehead atoms. The van der Waals surface area contributed by atoms with E-state index in [1.165, 1.54) is 24.3 Å². The lowest BCUT2D eigenvalue weighted by molar-refractivity contribution is -0.143. The molecule has 0 aromatic heterocycles. The lowest BCUT2D eigenvalue weighted by Gasteiger charge is -2.36. The van der Waals surface area contributed by atoms with Crippen LogP contribution in [0.4, 0.5) is 4.79 Å². The molecule has 3 aliphatic rings. The van der Waals surface area contributed by atoms with Gasteiger partial charge in [-0.05, 0) is 56.8 Å². The van der Waals surface area contributed by atoms with Crippen LogP contribution in [0.25, 0.3) is 0 Å². The van der Waals surface area contributed by atoms with Crippen molar-refractivity contribution < 1.29 is 28.8 Å². The maximum atomic E-state index is 13.8. The van der Waals surface area contributed by atoms with E-state index in [2.05, 4.69) is 41.7 Å². The highest BCUT2D eigenvalue weighted by atomic mass is 16.2. The van der Waals surface area contributed by atoms with Crippen LogP contribution in [0.15, 0.2) is 12.7 Å². The van der Waals surface area contributed by atoms with Crippen molar-refractivity contribution in [2.75, 3.05) is 13.1 Å². The Balaban J connectivity index is 0.00000216. The van der Waals surface area contributed by atoms with Crippen LogP contribution in [0.3, 0.4) is 0 Å². The number of likely N-dealkylation sites (tertiary alicyclic amines) is 1. The molecule has 248 valence electrons. The zero-order valence-electron chi connectivity index (χ0n) is 27.6. The zero-order valence-corrected chi connectivity index (χ0v) is 27.6. The number of Topliss-reactive ketones (excluding diaryl/α,β-unsaturated/α-hetero) is 2. The van der Waals surface area contributed by atoms with E-state index in [9.17, 15) is 28.8 Å². The molecule has 1 heterocycles. The van der Waals surface area contributed by atoms with E-state index in [0.29, 0.717) is 19.4 Å². The third-order valence-corrected chi connectivity index (χ3v) is 8.30. The van der Waals surface area contributed by atoms with Gasteiger partial charge in [-0.15, -0.1) is 6.58 Å². The number of urea groups is 1. The van der Waals surface area contributed by atoms with Crippen molar-refractivity contribution in [3.05, 3.63) is 12.7 Å². The summed E-state index contributed by atoms with van der Waals surface area (Å²) in [5, 5.41) is 10.7. The molecular weight excluding hydrogens is 562 g/mol. The number of hydrogen-bond acceptors (Lipinski definition) is 6. The molecular formula is C33H55N5O6. The number of carbonyl (C=O) groups is 6. The van der Waals surface area contributed by atoms with Gasteiger partial charge in [-0.25, -0.2) is 4.79 Å². The second-order valence-corrected chi connectivity index (χ2v) is 13.5. The van der Waals surface area contributed by atoms with Gasteiger partial charge in [0, 0.05) is 19.0 Å². The molecule has 3 unspecified atom stereocenters. The fourth-order valence-corrected chi connectivity index (χ4v) is 5.77. The largest absolute Gasteiger partial charge is 0.346 e. The van der Waals surface area contributed by atoms with E-state index >= 15 is 0 Å². The molecule has 2 saturated carbocycles. The molecule has 0 aromatic rings. The third-order valence-electron chi connectivity index (χ3n) is 8.30. The summed E-state index contributed by atoms with van der Waals surface area (Å²) >= 11 is 0. The van der Waals surface area contributed by atoms with Crippen molar-refractivity contribution in [2.45, 2.75) is 130 Å². The smallest absolute Gasteiger partial charge is 0.316 e. The van der Waals surface area contributed by atoms with Crippen LogP contribution >= 0.6 is 0 Å². The van der Waals surface area contributed by atoms with Crippen LogP contribution < -0.4 is 21.3 Å². The Morgan fingerprint density at radius 2 is 1.50 bits per heavy atom. The monoisotopic (exact) mass is 617 g/mol. The molecule has 3 rings (SSSR count). The SMILES string of the molecule is C=CCNC(=O)C(=O)C(C)NC(=O)[C@@H]1CCCN1C(=O)C(NC(=O)NC(C(=O)C1CC1)C1CCCCC1)C(C)(C)C.CCC. The summed E-state index contributed by atoms with van der Waals surface area (Å²) in [6.07, 6.45) is 10.4. The maximum Gasteiger partial charge on any atom is 0.316 e. The van der Waals surface area contributed by atoms with Gasteiger partial charge in [0.05, 0.1) is 12.1 Å². The van der Waals surface area contributed by atoms with Gasteiger partial charge in [-0.2, -0.15) is 0 Å². The fraction of sp³-hybridized carbons (Fsp3) is 0.758. The van der Waals surface area contributed by atoms with Gasteiger partial charge < -0.3 is 26.2 Å². The average Bonchev–Trinajstić information content (AvgIpc) is 3.72. The summed E-state index contributed by atoms with van der Waals surface area (Å²) in [6.45, 7) is 15.1. The normalized spacial score (nSPS) is 20.6. The molecule has 3 fully saturated rings. The Kier molecular flexibility index (Phi) is 14.5. The molecule has 0 aromatic carbocycles. The number of amides is 5. The minimum Gasteiger partial charge on any atom is -0.346 e. The van der Waals surface area contributed by atoms with Crippen LogP contribution in [-0.4, -0.2) is 77.5 Å². The van der Waals surface area contributed by atoms with Crippen molar-refractivity contribution >= 4 is 35.3 Å². The highest BCUT2D eigenvalue weighted by Gasteiger charge is 2.44. The van der Waals surface area contributed by atoms with E-state index in [4.69, 9.17) is 0 Å². The third kappa shape index (κ3) is 10.7. The van der Waals surface area contributed by atoms with Gasteiger partial charge in [-0.1, -0.05) is 66.4 Å². The van der Waals surface area contributed by atoms with Crippen LogP contribution in [0.5, 0.6) is 0 Å². The summed E-state index contributed by atoms with van der Waals surface area (Å²) in [5.41, 5.74) is -0.689. The molecule has 1 saturated heterocycles. The Bertz CT molecular complexity index is 1040. The molecule has 11 heteroatoms. The molecule has 44 heavy (non-hydrogen) atoms. The van der Waals surface area contributed by atoms with E-state index < -0.39 is 59.1 Å². The van der Waals surface area contributed by atoms with Crippen LogP contribution in [-0.2, 0) is 24.0 Å². The minimum absolute atomic E-state index is 0.00785. The second-order valence-electron chi connectivity index (χ2n) is 13.5. The number of rotatable bonds is 12. The summed E-state index contributed by atoms with van der Waals surface area (Å²) < 4.78 is 0. The first-order chi connectivity index (χ1) is 20.8. The molecule has 2 aliphatic carbocycles. The Morgan fingerprint density at radius 3 is 2.05 bits per heavy atom. The van der Waals surface area contributed by atoms with Gasteiger partial charge in [0.1, 0.15) is 12.1 Å². The molecule has 0 spiro atoms. The minimum atomic E-state index is -1.08.